The molecule has 2 aliphatic heterocycles. The Balaban J connectivity index is 1.82. The Morgan fingerprint density at radius 2 is 1.86 bits per heavy atom. The van der Waals surface area contributed by atoms with Crippen molar-refractivity contribution in [3.63, 3.8) is 0 Å². The minimum atomic E-state index is -0.829. The van der Waals surface area contributed by atoms with Crippen molar-refractivity contribution < 1.29 is 14.4 Å². The lowest BCUT2D eigenvalue weighted by molar-refractivity contribution is -0.135. The number of nitrogens with zero attached hydrogens (tertiary/aromatic N) is 3. The van der Waals surface area contributed by atoms with Gasteiger partial charge in [0.25, 0.3) is 11.8 Å². The van der Waals surface area contributed by atoms with Crippen molar-refractivity contribution in [2.75, 3.05) is 26.2 Å². The smallest absolute Gasteiger partial charge is 0.327 e. The molecule has 3 rings (SSSR count). The number of amides is 4. The van der Waals surface area contributed by atoms with Crippen LogP contribution in [-0.2, 0) is 4.79 Å². The molecule has 1 aromatic rings. The number of aryl methyl sites for hydroxylation is 1. The van der Waals surface area contributed by atoms with Gasteiger partial charge >= 0.3 is 6.03 Å². The van der Waals surface area contributed by atoms with E-state index in [4.69, 9.17) is 11.6 Å². The highest BCUT2D eigenvalue weighted by Crippen LogP contribution is 2.38. The molecule has 28 heavy (non-hydrogen) atoms. The van der Waals surface area contributed by atoms with Crippen molar-refractivity contribution in [3.05, 3.63) is 34.3 Å². The van der Waals surface area contributed by atoms with Crippen LogP contribution in [0.1, 0.15) is 49.5 Å². The molecule has 4 amide bonds. The van der Waals surface area contributed by atoms with Crippen LogP contribution in [0.4, 0.5) is 4.79 Å². The highest BCUT2D eigenvalue weighted by atomic mass is 35.5. The van der Waals surface area contributed by atoms with Gasteiger partial charge in [0.15, 0.2) is 0 Å². The second kappa shape index (κ2) is 7.74. The summed E-state index contributed by atoms with van der Waals surface area (Å²) in [7, 11) is 0. The molecule has 0 N–H and O–H groups in total. The highest BCUT2D eigenvalue weighted by Gasteiger charge is 2.57. The van der Waals surface area contributed by atoms with Gasteiger partial charge in [-0.25, -0.2) is 4.79 Å². The third kappa shape index (κ3) is 3.28. The fourth-order valence-electron chi connectivity index (χ4n) is 4.23. The molecule has 0 radical (unpaired) electrons. The maximum atomic E-state index is 13.1. The van der Waals surface area contributed by atoms with Crippen molar-refractivity contribution in [3.8, 4) is 0 Å². The standard InChI is InChI=1S/C21H28ClN3O3/c1-5-24-19(27)21(25(20(24)28)13-14(2)3)9-11-23(12-10-21)18(26)16-8-6-7-15(4)17(16)22/h6-8,14H,5,9-13H2,1-4H3. The molecule has 7 heteroatoms. The summed E-state index contributed by atoms with van der Waals surface area (Å²) in [6.45, 7) is 9.53. The number of hydrogen-bond donors (Lipinski definition) is 0. The number of piperidine rings is 1. The lowest BCUT2D eigenvalue weighted by atomic mass is 9.85. The number of carbonyl (C=O) groups is 3. The number of rotatable bonds is 4. The van der Waals surface area contributed by atoms with Gasteiger partial charge < -0.3 is 9.80 Å². The van der Waals surface area contributed by atoms with Crippen molar-refractivity contribution in [2.24, 2.45) is 5.92 Å². The average Bonchev–Trinajstić information content (AvgIpc) is 2.85. The Hall–Kier alpha value is -2.08. The number of carbonyl (C=O) groups excluding carboxylic acids is 3. The number of benzene rings is 1. The number of urea groups is 1. The maximum Gasteiger partial charge on any atom is 0.327 e. The minimum absolute atomic E-state index is 0.122. The van der Waals surface area contributed by atoms with Crippen LogP contribution in [0, 0.1) is 12.8 Å². The number of halogens is 1. The van der Waals surface area contributed by atoms with Crippen molar-refractivity contribution >= 4 is 29.4 Å². The van der Waals surface area contributed by atoms with Gasteiger partial charge in [-0.3, -0.25) is 14.5 Å². The molecule has 2 saturated heterocycles. The molecule has 0 bridgehead atoms. The van der Waals surface area contributed by atoms with Gasteiger partial charge in [-0.15, -0.1) is 0 Å². The number of likely N-dealkylation sites (tertiary alicyclic amines) is 1. The topological polar surface area (TPSA) is 60.9 Å². The summed E-state index contributed by atoms with van der Waals surface area (Å²) in [5, 5.41) is 0.471. The fraction of sp³-hybridized carbons (Fsp3) is 0.571. The van der Waals surface area contributed by atoms with E-state index in [1.807, 2.05) is 39.8 Å². The summed E-state index contributed by atoms with van der Waals surface area (Å²) >= 11 is 6.33. The van der Waals surface area contributed by atoms with Crippen molar-refractivity contribution in [2.45, 2.75) is 46.1 Å². The van der Waals surface area contributed by atoms with Crippen LogP contribution in [0.3, 0.4) is 0 Å². The van der Waals surface area contributed by atoms with E-state index in [0.717, 1.165) is 5.56 Å². The van der Waals surface area contributed by atoms with Crippen LogP contribution in [0.5, 0.6) is 0 Å². The van der Waals surface area contributed by atoms with Crippen LogP contribution in [0.25, 0.3) is 0 Å². The van der Waals surface area contributed by atoms with Gasteiger partial charge in [-0.05, 0) is 44.2 Å². The summed E-state index contributed by atoms with van der Waals surface area (Å²) in [6.07, 6.45) is 0.909. The zero-order chi connectivity index (χ0) is 20.6. The summed E-state index contributed by atoms with van der Waals surface area (Å²) < 4.78 is 0. The molecule has 1 spiro atoms. The van der Waals surface area contributed by atoms with Gasteiger partial charge in [-0.2, -0.15) is 0 Å². The molecule has 6 nitrogen and oxygen atoms in total. The van der Waals surface area contributed by atoms with Gasteiger partial charge in [-0.1, -0.05) is 37.6 Å². The normalized spacial score (nSPS) is 19.3. The first-order valence-electron chi connectivity index (χ1n) is 9.91. The predicted molar refractivity (Wildman–Crippen MR) is 108 cm³/mol. The largest absolute Gasteiger partial charge is 0.338 e. The molecule has 152 valence electrons. The second-order valence-corrected chi connectivity index (χ2v) is 8.47. The van der Waals surface area contributed by atoms with Gasteiger partial charge in [0, 0.05) is 26.2 Å². The Bertz CT molecular complexity index is 800. The molecule has 2 heterocycles. The number of hydrogen-bond acceptors (Lipinski definition) is 3. The monoisotopic (exact) mass is 405 g/mol. The van der Waals surface area contributed by atoms with E-state index in [-0.39, 0.29) is 23.8 Å². The van der Waals surface area contributed by atoms with E-state index in [0.29, 0.717) is 49.6 Å². The van der Waals surface area contributed by atoms with Crippen LogP contribution in [-0.4, -0.2) is 64.3 Å². The van der Waals surface area contributed by atoms with E-state index in [1.165, 1.54) is 4.90 Å². The van der Waals surface area contributed by atoms with Gasteiger partial charge in [0.1, 0.15) is 5.54 Å². The van der Waals surface area contributed by atoms with E-state index in [1.54, 1.807) is 15.9 Å². The van der Waals surface area contributed by atoms with E-state index in [9.17, 15) is 14.4 Å². The SMILES string of the molecule is CCN1C(=O)N(CC(C)C)C2(CCN(C(=O)c3cccc(C)c3Cl)CC2)C1=O. The first kappa shape index (κ1) is 20.6. The van der Waals surface area contributed by atoms with Crippen LogP contribution < -0.4 is 0 Å². The van der Waals surface area contributed by atoms with Crippen molar-refractivity contribution in [1.82, 2.24) is 14.7 Å². The molecular weight excluding hydrogens is 378 g/mol. The molecule has 0 aromatic heterocycles. The summed E-state index contributed by atoms with van der Waals surface area (Å²) in [4.78, 5) is 43.7. The van der Waals surface area contributed by atoms with Gasteiger partial charge in [0.2, 0.25) is 0 Å². The minimum Gasteiger partial charge on any atom is -0.338 e. The first-order valence-corrected chi connectivity index (χ1v) is 10.3. The van der Waals surface area contributed by atoms with E-state index in [2.05, 4.69) is 0 Å². The zero-order valence-electron chi connectivity index (χ0n) is 17.0. The molecule has 0 unspecified atom stereocenters. The highest BCUT2D eigenvalue weighted by molar-refractivity contribution is 6.34. The van der Waals surface area contributed by atoms with Gasteiger partial charge in [0.05, 0.1) is 10.6 Å². The Morgan fingerprint density at radius 3 is 2.43 bits per heavy atom. The molecule has 2 aliphatic rings. The Kier molecular flexibility index (Phi) is 5.71. The molecule has 1 aromatic carbocycles. The average molecular weight is 406 g/mol. The fourth-order valence-corrected chi connectivity index (χ4v) is 4.43. The second-order valence-electron chi connectivity index (χ2n) is 8.10. The number of imide groups is 1. The summed E-state index contributed by atoms with van der Waals surface area (Å²) in [5.74, 6) is 0.0145. The third-order valence-electron chi connectivity index (χ3n) is 5.79. The lowest BCUT2D eigenvalue weighted by Gasteiger charge is -2.42. The quantitative estimate of drug-likeness (QED) is 0.719. The molecule has 0 atom stereocenters. The summed E-state index contributed by atoms with van der Waals surface area (Å²) in [6, 6.07) is 5.22. The van der Waals surface area contributed by atoms with Crippen LogP contribution in [0.15, 0.2) is 18.2 Å². The molecule has 0 aliphatic carbocycles. The Labute approximate surface area is 171 Å². The molecule has 0 saturated carbocycles. The number of likely N-dealkylation sites (N-methyl/N-ethyl adjacent to an activating group) is 1. The lowest BCUT2D eigenvalue weighted by Crippen LogP contribution is -2.58. The summed E-state index contributed by atoms with van der Waals surface area (Å²) in [5.41, 5.74) is 0.518. The molecular formula is C21H28ClN3O3. The molecule has 2 fully saturated rings. The van der Waals surface area contributed by atoms with Crippen LogP contribution >= 0.6 is 11.6 Å². The zero-order valence-corrected chi connectivity index (χ0v) is 17.8. The third-order valence-corrected chi connectivity index (χ3v) is 6.29. The maximum absolute atomic E-state index is 13.1. The van der Waals surface area contributed by atoms with Crippen molar-refractivity contribution in [1.29, 1.82) is 0 Å². The van der Waals surface area contributed by atoms with Crippen LogP contribution in [0.2, 0.25) is 5.02 Å². The van der Waals surface area contributed by atoms with E-state index >= 15 is 0 Å². The predicted octanol–water partition coefficient (Wildman–Crippen LogP) is 3.56. The van der Waals surface area contributed by atoms with E-state index < -0.39 is 5.54 Å². The Morgan fingerprint density at radius 1 is 1.21 bits per heavy atom. The first-order chi connectivity index (χ1) is 13.2.